The largest absolute Gasteiger partial charge is 0.383 e. The van der Waals surface area contributed by atoms with Gasteiger partial charge in [0.25, 0.3) is 0 Å². The minimum absolute atomic E-state index is 0.480. The van der Waals surface area contributed by atoms with Gasteiger partial charge in [-0.15, -0.1) is 6.42 Å². The first-order chi connectivity index (χ1) is 7.13. The minimum Gasteiger partial charge on any atom is -0.383 e. The predicted octanol–water partition coefficient (Wildman–Crippen LogP) is 0.955. The van der Waals surface area contributed by atoms with Crippen LogP contribution in [0.1, 0.15) is 20.8 Å². The molecule has 0 saturated heterocycles. The molecule has 0 radical (unpaired) electrons. The summed E-state index contributed by atoms with van der Waals surface area (Å²) < 4.78 is 5.10. The Kier molecular flexibility index (Phi) is 8.40. The Balaban J connectivity index is 3.94. The molecule has 88 valence electrons. The van der Waals surface area contributed by atoms with Crippen LogP contribution in [0.25, 0.3) is 0 Å². The number of nitrogens with one attached hydrogen (secondary N) is 1. The molecule has 0 fully saturated rings. The van der Waals surface area contributed by atoms with Crippen LogP contribution in [0.15, 0.2) is 0 Å². The number of methoxy groups -OCH3 is 1. The van der Waals surface area contributed by atoms with E-state index in [0.29, 0.717) is 18.6 Å². The molecular formula is C12H24N2O. The molecule has 1 unspecified atom stereocenters. The summed E-state index contributed by atoms with van der Waals surface area (Å²) in [5, 5.41) is 3.23. The Hall–Kier alpha value is -0.560. The average molecular weight is 212 g/mol. The van der Waals surface area contributed by atoms with Crippen LogP contribution in [0.4, 0.5) is 0 Å². The van der Waals surface area contributed by atoms with Crippen LogP contribution in [0.2, 0.25) is 0 Å². The first-order valence-corrected chi connectivity index (χ1v) is 5.52. The summed E-state index contributed by atoms with van der Waals surface area (Å²) in [6.45, 7) is 9.91. The number of rotatable bonds is 8. The van der Waals surface area contributed by atoms with E-state index in [2.05, 4.69) is 36.9 Å². The van der Waals surface area contributed by atoms with Crippen LogP contribution in [0, 0.1) is 12.3 Å². The van der Waals surface area contributed by atoms with Gasteiger partial charge in [0.05, 0.1) is 13.2 Å². The summed E-state index contributed by atoms with van der Waals surface area (Å²) in [7, 11) is 1.74. The summed E-state index contributed by atoms with van der Waals surface area (Å²) in [6, 6.07) is 1.01. The first kappa shape index (κ1) is 14.4. The van der Waals surface area contributed by atoms with E-state index in [1.807, 2.05) is 0 Å². The fraction of sp³-hybridized carbons (Fsp3) is 0.833. The van der Waals surface area contributed by atoms with Crippen molar-refractivity contribution in [2.45, 2.75) is 32.9 Å². The van der Waals surface area contributed by atoms with Crippen LogP contribution in [-0.4, -0.2) is 50.3 Å². The Labute approximate surface area is 94.2 Å². The molecule has 0 aromatic carbocycles. The second-order valence-corrected chi connectivity index (χ2v) is 4.01. The van der Waals surface area contributed by atoms with Crippen molar-refractivity contribution in [3.05, 3.63) is 0 Å². The molecule has 0 amide bonds. The predicted molar refractivity (Wildman–Crippen MR) is 64.9 cm³/mol. The summed E-state index contributed by atoms with van der Waals surface area (Å²) in [5.74, 6) is 2.58. The molecule has 3 heteroatoms. The van der Waals surface area contributed by atoms with Gasteiger partial charge in [0.1, 0.15) is 0 Å². The first-order valence-electron chi connectivity index (χ1n) is 5.52. The van der Waals surface area contributed by atoms with Crippen molar-refractivity contribution in [1.29, 1.82) is 0 Å². The SMILES string of the molecule is C#CCNCC(C)N(CCOC)C(C)C. The molecular weight excluding hydrogens is 188 g/mol. The number of nitrogens with zero attached hydrogens (tertiary/aromatic N) is 1. The van der Waals surface area contributed by atoms with E-state index in [0.717, 1.165) is 19.7 Å². The van der Waals surface area contributed by atoms with Gasteiger partial charge in [-0.2, -0.15) is 0 Å². The molecule has 0 rings (SSSR count). The standard InChI is InChI=1S/C12H24N2O/c1-6-7-13-10-12(4)14(11(2)3)8-9-15-5/h1,11-13H,7-10H2,2-5H3. The van der Waals surface area contributed by atoms with Gasteiger partial charge >= 0.3 is 0 Å². The Morgan fingerprint density at radius 3 is 2.53 bits per heavy atom. The van der Waals surface area contributed by atoms with Gasteiger partial charge in [-0.1, -0.05) is 5.92 Å². The maximum atomic E-state index is 5.18. The molecule has 0 aromatic heterocycles. The molecule has 0 bridgehead atoms. The third-order valence-electron chi connectivity index (χ3n) is 2.45. The van der Waals surface area contributed by atoms with E-state index in [4.69, 9.17) is 11.2 Å². The highest BCUT2D eigenvalue weighted by atomic mass is 16.5. The molecule has 1 atom stereocenters. The molecule has 15 heavy (non-hydrogen) atoms. The lowest BCUT2D eigenvalue weighted by molar-refractivity contribution is 0.101. The average Bonchev–Trinajstić information content (AvgIpc) is 2.18. The Bertz CT molecular complexity index is 187. The van der Waals surface area contributed by atoms with Crippen LogP contribution in [0.5, 0.6) is 0 Å². The maximum Gasteiger partial charge on any atom is 0.0589 e. The fourth-order valence-corrected chi connectivity index (χ4v) is 1.65. The van der Waals surface area contributed by atoms with Crippen molar-refractivity contribution >= 4 is 0 Å². The summed E-state index contributed by atoms with van der Waals surface area (Å²) in [5.41, 5.74) is 0. The van der Waals surface area contributed by atoms with E-state index in [1.165, 1.54) is 0 Å². The number of ether oxygens (including phenoxy) is 1. The van der Waals surface area contributed by atoms with Gasteiger partial charge < -0.3 is 10.1 Å². The van der Waals surface area contributed by atoms with Gasteiger partial charge in [-0.3, -0.25) is 4.90 Å². The number of terminal acetylenes is 1. The van der Waals surface area contributed by atoms with Gasteiger partial charge in [0, 0.05) is 32.3 Å². The molecule has 0 aliphatic rings. The van der Waals surface area contributed by atoms with Crippen molar-refractivity contribution in [2.75, 3.05) is 33.4 Å². The lowest BCUT2D eigenvalue weighted by atomic mass is 10.2. The lowest BCUT2D eigenvalue weighted by Gasteiger charge is -2.32. The highest BCUT2D eigenvalue weighted by Gasteiger charge is 2.15. The molecule has 0 aliphatic carbocycles. The lowest BCUT2D eigenvalue weighted by Crippen LogP contribution is -2.45. The van der Waals surface area contributed by atoms with Crippen molar-refractivity contribution < 1.29 is 4.74 Å². The topological polar surface area (TPSA) is 24.5 Å². The number of hydrogen-bond donors (Lipinski definition) is 1. The highest BCUT2D eigenvalue weighted by molar-refractivity contribution is 4.87. The molecule has 0 aliphatic heterocycles. The van der Waals surface area contributed by atoms with Crippen LogP contribution in [-0.2, 0) is 4.74 Å². The van der Waals surface area contributed by atoms with Crippen molar-refractivity contribution in [2.24, 2.45) is 0 Å². The van der Waals surface area contributed by atoms with Crippen molar-refractivity contribution in [3.63, 3.8) is 0 Å². The third kappa shape index (κ3) is 6.51. The molecule has 3 nitrogen and oxygen atoms in total. The molecule has 0 saturated carbocycles. The van der Waals surface area contributed by atoms with Gasteiger partial charge in [0.2, 0.25) is 0 Å². The second kappa shape index (κ2) is 8.72. The normalized spacial score (nSPS) is 13.1. The zero-order valence-electron chi connectivity index (χ0n) is 10.4. The van der Waals surface area contributed by atoms with E-state index in [1.54, 1.807) is 7.11 Å². The zero-order valence-corrected chi connectivity index (χ0v) is 10.4. The Morgan fingerprint density at radius 2 is 2.07 bits per heavy atom. The van der Waals surface area contributed by atoms with Gasteiger partial charge in [0.15, 0.2) is 0 Å². The molecule has 1 N–H and O–H groups in total. The van der Waals surface area contributed by atoms with E-state index in [-0.39, 0.29) is 0 Å². The Morgan fingerprint density at radius 1 is 1.40 bits per heavy atom. The van der Waals surface area contributed by atoms with Crippen LogP contribution in [0.3, 0.4) is 0 Å². The highest BCUT2D eigenvalue weighted by Crippen LogP contribution is 2.04. The van der Waals surface area contributed by atoms with E-state index < -0.39 is 0 Å². The molecule has 0 aromatic rings. The maximum absolute atomic E-state index is 5.18. The van der Waals surface area contributed by atoms with Gasteiger partial charge in [-0.25, -0.2) is 0 Å². The summed E-state index contributed by atoms with van der Waals surface area (Å²) in [4.78, 5) is 2.41. The summed E-state index contributed by atoms with van der Waals surface area (Å²) >= 11 is 0. The summed E-state index contributed by atoms with van der Waals surface area (Å²) in [6.07, 6.45) is 5.18. The molecule has 0 heterocycles. The third-order valence-corrected chi connectivity index (χ3v) is 2.45. The zero-order chi connectivity index (χ0) is 11.7. The second-order valence-electron chi connectivity index (χ2n) is 4.01. The van der Waals surface area contributed by atoms with Crippen LogP contribution < -0.4 is 5.32 Å². The van der Waals surface area contributed by atoms with Gasteiger partial charge in [-0.05, 0) is 20.8 Å². The minimum atomic E-state index is 0.480. The van der Waals surface area contributed by atoms with Crippen molar-refractivity contribution in [3.8, 4) is 12.3 Å². The molecule has 0 spiro atoms. The smallest absolute Gasteiger partial charge is 0.0589 e. The fourth-order valence-electron chi connectivity index (χ4n) is 1.65. The van der Waals surface area contributed by atoms with Crippen molar-refractivity contribution in [1.82, 2.24) is 10.2 Å². The van der Waals surface area contributed by atoms with E-state index in [9.17, 15) is 0 Å². The van der Waals surface area contributed by atoms with E-state index >= 15 is 0 Å². The quantitative estimate of drug-likeness (QED) is 0.479. The van der Waals surface area contributed by atoms with Crippen LogP contribution >= 0.6 is 0 Å². The monoisotopic (exact) mass is 212 g/mol. The number of hydrogen-bond acceptors (Lipinski definition) is 3.